The van der Waals surface area contributed by atoms with Crippen LogP contribution in [0.25, 0.3) is 22.0 Å². The van der Waals surface area contributed by atoms with Gasteiger partial charge in [0.2, 0.25) is 0 Å². The highest BCUT2D eigenvalue weighted by atomic mass is 16.5. The Bertz CT molecular complexity index is 1240. The van der Waals surface area contributed by atoms with Crippen LogP contribution in [0.4, 0.5) is 0 Å². The van der Waals surface area contributed by atoms with Crippen LogP contribution >= 0.6 is 0 Å². The zero-order chi connectivity index (χ0) is 21.4. The second-order valence-electron chi connectivity index (χ2n) is 8.46. The molecule has 4 heteroatoms. The van der Waals surface area contributed by atoms with Crippen molar-refractivity contribution in [2.75, 3.05) is 0 Å². The standard InChI is InChI=1S/C26H28N2O2/c1-16(2)18-6-9-20(10-7-18)30-24-11-8-19(17(3)4)14-22(24)23-15-28(5)26(29)25-21(23)12-13-27-25/h6-17,27H,1-5H3. The molecule has 4 rings (SSSR count). The van der Waals surface area contributed by atoms with Crippen molar-refractivity contribution in [2.24, 2.45) is 7.05 Å². The van der Waals surface area contributed by atoms with E-state index in [9.17, 15) is 4.79 Å². The molecule has 4 aromatic rings. The monoisotopic (exact) mass is 400 g/mol. The summed E-state index contributed by atoms with van der Waals surface area (Å²) in [5.41, 5.74) is 5.04. The van der Waals surface area contributed by atoms with Crippen molar-refractivity contribution in [1.29, 1.82) is 0 Å². The van der Waals surface area contributed by atoms with Crippen LogP contribution in [0.3, 0.4) is 0 Å². The van der Waals surface area contributed by atoms with Gasteiger partial charge in [-0.15, -0.1) is 0 Å². The zero-order valence-electron chi connectivity index (χ0n) is 18.2. The third-order valence-corrected chi connectivity index (χ3v) is 5.63. The van der Waals surface area contributed by atoms with Gasteiger partial charge in [0, 0.05) is 36.0 Å². The molecule has 2 aromatic heterocycles. The van der Waals surface area contributed by atoms with E-state index in [0.29, 0.717) is 17.4 Å². The fourth-order valence-electron chi connectivity index (χ4n) is 3.74. The Morgan fingerprint density at radius 1 is 0.867 bits per heavy atom. The number of nitrogens with one attached hydrogen (secondary N) is 1. The van der Waals surface area contributed by atoms with Crippen LogP contribution in [-0.4, -0.2) is 9.55 Å². The Balaban J connectivity index is 1.86. The maximum atomic E-state index is 12.5. The number of rotatable bonds is 5. The van der Waals surface area contributed by atoms with E-state index in [1.54, 1.807) is 11.6 Å². The summed E-state index contributed by atoms with van der Waals surface area (Å²) in [6.07, 6.45) is 3.71. The first-order valence-electron chi connectivity index (χ1n) is 10.4. The lowest BCUT2D eigenvalue weighted by Gasteiger charge is -2.16. The molecule has 1 N–H and O–H groups in total. The fourth-order valence-corrected chi connectivity index (χ4v) is 3.74. The fraction of sp³-hybridized carbons (Fsp3) is 0.269. The number of nitrogens with zero attached hydrogens (tertiary/aromatic N) is 1. The molecule has 0 saturated heterocycles. The van der Waals surface area contributed by atoms with Gasteiger partial charge < -0.3 is 14.3 Å². The van der Waals surface area contributed by atoms with Crippen LogP contribution in [0.15, 0.2) is 65.7 Å². The van der Waals surface area contributed by atoms with Crippen LogP contribution < -0.4 is 10.3 Å². The molecule has 2 heterocycles. The van der Waals surface area contributed by atoms with Crippen molar-refractivity contribution in [1.82, 2.24) is 9.55 Å². The topological polar surface area (TPSA) is 47.0 Å². The third kappa shape index (κ3) is 3.65. The highest BCUT2D eigenvalue weighted by Gasteiger charge is 2.16. The number of H-pyrrole nitrogens is 1. The third-order valence-electron chi connectivity index (χ3n) is 5.63. The van der Waals surface area contributed by atoms with Gasteiger partial charge in [-0.1, -0.05) is 45.9 Å². The number of hydrogen-bond acceptors (Lipinski definition) is 2. The number of pyridine rings is 1. The van der Waals surface area contributed by atoms with Gasteiger partial charge in [0.1, 0.15) is 17.0 Å². The van der Waals surface area contributed by atoms with Gasteiger partial charge in [-0.3, -0.25) is 4.79 Å². The van der Waals surface area contributed by atoms with Crippen LogP contribution in [0.5, 0.6) is 11.5 Å². The SMILES string of the molecule is CC(C)c1ccc(Oc2ccc(C(C)C)cc2-c2cn(C)c(=O)c3[nH]ccc23)cc1. The average molecular weight is 401 g/mol. The first-order valence-corrected chi connectivity index (χ1v) is 10.4. The van der Waals surface area contributed by atoms with Crippen molar-refractivity contribution in [3.63, 3.8) is 0 Å². The molecule has 154 valence electrons. The molecular weight excluding hydrogens is 372 g/mol. The first kappa shape index (κ1) is 20.0. The maximum absolute atomic E-state index is 12.5. The highest BCUT2D eigenvalue weighted by Crippen LogP contribution is 2.38. The van der Waals surface area contributed by atoms with Crippen molar-refractivity contribution in [2.45, 2.75) is 39.5 Å². The van der Waals surface area contributed by atoms with E-state index in [-0.39, 0.29) is 5.56 Å². The highest BCUT2D eigenvalue weighted by molar-refractivity contribution is 5.96. The van der Waals surface area contributed by atoms with Crippen molar-refractivity contribution < 1.29 is 4.74 Å². The van der Waals surface area contributed by atoms with Crippen LogP contribution in [0.2, 0.25) is 0 Å². The van der Waals surface area contributed by atoms with E-state index in [4.69, 9.17) is 4.74 Å². The van der Waals surface area contributed by atoms with E-state index in [1.165, 1.54) is 11.1 Å². The number of ether oxygens (including phenoxy) is 1. The summed E-state index contributed by atoms with van der Waals surface area (Å²) in [6, 6.07) is 16.5. The molecule has 0 spiro atoms. The Morgan fingerprint density at radius 3 is 2.20 bits per heavy atom. The predicted molar refractivity (Wildman–Crippen MR) is 124 cm³/mol. The number of aryl methyl sites for hydroxylation is 1. The van der Waals surface area contributed by atoms with E-state index in [0.717, 1.165) is 28.0 Å². The predicted octanol–water partition coefficient (Wildman–Crippen LogP) is 6.57. The molecule has 0 radical (unpaired) electrons. The maximum Gasteiger partial charge on any atom is 0.274 e. The van der Waals surface area contributed by atoms with Gasteiger partial charge in [0.05, 0.1) is 0 Å². The smallest absolute Gasteiger partial charge is 0.274 e. The molecule has 0 atom stereocenters. The molecule has 0 saturated carbocycles. The van der Waals surface area contributed by atoms with Crippen LogP contribution in [0, 0.1) is 0 Å². The number of aromatic nitrogens is 2. The second kappa shape index (κ2) is 7.86. The van der Waals surface area contributed by atoms with E-state index < -0.39 is 0 Å². The summed E-state index contributed by atoms with van der Waals surface area (Å²) >= 11 is 0. The molecule has 2 aromatic carbocycles. The van der Waals surface area contributed by atoms with Crippen molar-refractivity contribution >= 4 is 10.9 Å². The Kier molecular flexibility index (Phi) is 5.25. The minimum absolute atomic E-state index is 0.0366. The van der Waals surface area contributed by atoms with Crippen LogP contribution in [0.1, 0.15) is 50.7 Å². The summed E-state index contributed by atoms with van der Waals surface area (Å²) in [5, 5.41) is 0.902. The minimum atomic E-state index is -0.0366. The van der Waals surface area contributed by atoms with Crippen LogP contribution in [-0.2, 0) is 7.05 Å². The number of benzene rings is 2. The minimum Gasteiger partial charge on any atom is -0.457 e. The van der Waals surface area contributed by atoms with Gasteiger partial charge in [-0.2, -0.15) is 0 Å². The van der Waals surface area contributed by atoms with E-state index in [2.05, 4.69) is 56.9 Å². The summed E-state index contributed by atoms with van der Waals surface area (Å²) in [7, 11) is 1.78. The lowest BCUT2D eigenvalue weighted by atomic mass is 9.95. The van der Waals surface area contributed by atoms with Gasteiger partial charge >= 0.3 is 0 Å². The summed E-state index contributed by atoms with van der Waals surface area (Å²) in [5.74, 6) is 2.44. The Hall–Kier alpha value is -3.27. The molecule has 0 fully saturated rings. The Morgan fingerprint density at radius 2 is 1.53 bits per heavy atom. The summed E-state index contributed by atoms with van der Waals surface area (Å²) in [4.78, 5) is 15.6. The quantitative estimate of drug-likeness (QED) is 0.412. The lowest BCUT2D eigenvalue weighted by Crippen LogP contribution is -2.16. The van der Waals surface area contributed by atoms with E-state index in [1.807, 2.05) is 36.7 Å². The molecule has 0 aliphatic heterocycles. The lowest BCUT2D eigenvalue weighted by molar-refractivity contribution is 0.484. The largest absolute Gasteiger partial charge is 0.457 e. The number of fused-ring (bicyclic) bond motifs is 1. The number of hydrogen-bond donors (Lipinski definition) is 1. The number of aromatic amines is 1. The molecule has 0 aliphatic carbocycles. The van der Waals surface area contributed by atoms with Crippen molar-refractivity contribution in [3.05, 3.63) is 82.4 Å². The summed E-state index contributed by atoms with van der Waals surface area (Å²) < 4.78 is 7.95. The molecule has 0 unspecified atom stereocenters. The average Bonchev–Trinajstić information content (AvgIpc) is 3.21. The van der Waals surface area contributed by atoms with Gasteiger partial charge in [-0.05, 0) is 53.3 Å². The van der Waals surface area contributed by atoms with Gasteiger partial charge in [0.15, 0.2) is 0 Å². The molecule has 4 nitrogen and oxygen atoms in total. The van der Waals surface area contributed by atoms with Gasteiger partial charge in [-0.25, -0.2) is 0 Å². The molecule has 0 amide bonds. The van der Waals surface area contributed by atoms with E-state index >= 15 is 0 Å². The van der Waals surface area contributed by atoms with Crippen molar-refractivity contribution in [3.8, 4) is 22.6 Å². The zero-order valence-corrected chi connectivity index (χ0v) is 18.2. The van der Waals surface area contributed by atoms with Gasteiger partial charge in [0.25, 0.3) is 5.56 Å². The first-order chi connectivity index (χ1) is 14.3. The second-order valence-corrected chi connectivity index (χ2v) is 8.46. The Labute approximate surface area is 177 Å². The molecular formula is C26H28N2O2. The molecule has 0 aliphatic rings. The molecule has 30 heavy (non-hydrogen) atoms. The normalized spacial score (nSPS) is 11.6. The summed E-state index contributed by atoms with van der Waals surface area (Å²) in [6.45, 7) is 8.72. The molecule has 0 bridgehead atoms.